The molecule has 8 heteroatoms. The first kappa shape index (κ1) is 15.1. The highest BCUT2D eigenvalue weighted by Gasteiger charge is 2.68. The Hall–Kier alpha value is -0.845. The number of hydrogen-bond donors (Lipinski definition) is 0. The predicted octanol–water partition coefficient (Wildman–Crippen LogP) is 3.59. The summed E-state index contributed by atoms with van der Waals surface area (Å²) in [6, 6.07) is 0. The number of rotatable bonds is 4. The van der Waals surface area contributed by atoms with Crippen LogP contribution in [0.2, 0.25) is 0 Å². The topological polar surface area (TPSA) is 67.2 Å². The van der Waals surface area contributed by atoms with E-state index < -0.39 is 31.5 Å². The van der Waals surface area contributed by atoms with E-state index in [1.54, 1.807) is 0 Å². The van der Waals surface area contributed by atoms with Gasteiger partial charge in [0.15, 0.2) is 0 Å². The molecule has 2 bridgehead atoms. The lowest BCUT2D eigenvalue weighted by atomic mass is 9.43. The van der Waals surface area contributed by atoms with Crippen LogP contribution >= 0.6 is 0 Å². The fraction of sp³-hybridized carbons (Fsp3) is 1.00. The molecular formula is C13H20BF2N3O2. The number of hydrogen-bond acceptors (Lipinski definition) is 3. The number of halogens is 2. The highest BCUT2D eigenvalue weighted by molar-refractivity contribution is 6.47. The third kappa shape index (κ3) is 2.15. The van der Waals surface area contributed by atoms with Crippen molar-refractivity contribution in [2.24, 2.45) is 22.4 Å². The Balaban J connectivity index is 1.79. The van der Waals surface area contributed by atoms with Crippen molar-refractivity contribution in [3.05, 3.63) is 10.4 Å². The second-order valence-electron chi connectivity index (χ2n) is 7.24. The standard InChI is InChI=1S/C13H20BF2N3O2/c1-12(2)7-4-8(12)13(3)9(5-7)20-14(21-13)10(18-19-17)6-11(15)16/h7-11H,4-6H2,1-3H3/t7-,8-,9?,10?,13-/m0/s1. The first-order chi connectivity index (χ1) is 9.79. The zero-order valence-electron chi connectivity index (χ0n) is 12.5. The van der Waals surface area contributed by atoms with E-state index in [0.717, 1.165) is 12.8 Å². The quantitative estimate of drug-likeness (QED) is 0.344. The molecule has 0 radical (unpaired) electrons. The van der Waals surface area contributed by atoms with E-state index in [1.807, 2.05) is 6.92 Å². The van der Waals surface area contributed by atoms with Crippen LogP contribution in [0.4, 0.5) is 8.78 Å². The van der Waals surface area contributed by atoms with Crippen LogP contribution in [-0.2, 0) is 9.31 Å². The Morgan fingerprint density at radius 2 is 2.10 bits per heavy atom. The van der Waals surface area contributed by atoms with Gasteiger partial charge in [-0.3, -0.25) is 0 Å². The molecule has 1 saturated heterocycles. The van der Waals surface area contributed by atoms with Crippen LogP contribution in [0.1, 0.15) is 40.0 Å². The minimum Gasteiger partial charge on any atom is -0.405 e. The molecule has 0 N–H and O–H groups in total. The molecule has 5 atom stereocenters. The van der Waals surface area contributed by atoms with Crippen molar-refractivity contribution >= 4 is 7.12 Å². The van der Waals surface area contributed by atoms with Crippen molar-refractivity contribution in [3.8, 4) is 0 Å². The van der Waals surface area contributed by atoms with Crippen LogP contribution in [-0.4, -0.2) is 31.2 Å². The fourth-order valence-corrected chi connectivity index (χ4v) is 4.52. The number of nitrogens with zero attached hydrogens (tertiary/aromatic N) is 3. The Morgan fingerprint density at radius 1 is 1.38 bits per heavy atom. The molecule has 3 saturated carbocycles. The Labute approximate surface area is 123 Å². The summed E-state index contributed by atoms with van der Waals surface area (Å²) in [6.07, 6.45) is -1.19. The van der Waals surface area contributed by atoms with E-state index in [9.17, 15) is 8.78 Å². The highest BCUT2D eigenvalue weighted by atomic mass is 19.3. The maximum absolute atomic E-state index is 12.6. The smallest absolute Gasteiger partial charge is 0.405 e. The van der Waals surface area contributed by atoms with Crippen molar-refractivity contribution < 1.29 is 18.1 Å². The lowest BCUT2D eigenvalue weighted by Gasteiger charge is -2.64. The molecule has 1 aliphatic heterocycles. The largest absolute Gasteiger partial charge is 0.467 e. The summed E-state index contributed by atoms with van der Waals surface area (Å²) < 4.78 is 37.2. The summed E-state index contributed by atoms with van der Waals surface area (Å²) in [5, 5.41) is 3.46. The summed E-state index contributed by atoms with van der Waals surface area (Å²) in [7, 11) is -0.861. The van der Waals surface area contributed by atoms with Crippen LogP contribution < -0.4 is 0 Å². The molecule has 0 aromatic heterocycles. The molecule has 4 rings (SSSR count). The molecule has 4 fully saturated rings. The summed E-state index contributed by atoms with van der Waals surface area (Å²) in [5.74, 6) is -0.0225. The van der Waals surface area contributed by atoms with Gasteiger partial charge in [0.2, 0.25) is 6.43 Å². The minimum atomic E-state index is -2.55. The van der Waals surface area contributed by atoms with Crippen LogP contribution in [0.25, 0.3) is 10.4 Å². The van der Waals surface area contributed by atoms with Gasteiger partial charge in [-0.25, -0.2) is 8.78 Å². The van der Waals surface area contributed by atoms with Crippen molar-refractivity contribution in [3.63, 3.8) is 0 Å². The Morgan fingerprint density at radius 3 is 2.67 bits per heavy atom. The van der Waals surface area contributed by atoms with Gasteiger partial charge in [-0.15, -0.1) is 0 Å². The average molecular weight is 299 g/mol. The maximum Gasteiger partial charge on any atom is 0.467 e. The minimum absolute atomic E-state index is 0.0895. The number of azide groups is 1. The highest BCUT2D eigenvalue weighted by Crippen LogP contribution is 2.65. The third-order valence-corrected chi connectivity index (χ3v) is 5.90. The SMILES string of the molecule is CC1(C)[C@@H]2CC3OB(C(CC(F)F)N=[N+]=[N-])O[C@@]3(C)[C@H]1C2. The molecule has 2 unspecified atom stereocenters. The molecule has 0 spiro atoms. The summed E-state index contributed by atoms with van der Waals surface area (Å²) in [6.45, 7) is 6.47. The van der Waals surface area contributed by atoms with Gasteiger partial charge in [0.05, 0.1) is 17.6 Å². The lowest BCUT2D eigenvalue weighted by molar-refractivity contribution is -0.199. The normalized spacial score (nSPS) is 41.2. The van der Waals surface area contributed by atoms with Crippen LogP contribution in [0.5, 0.6) is 0 Å². The molecule has 3 aliphatic carbocycles. The van der Waals surface area contributed by atoms with Crippen molar-refractivity contribution in [1.82, 2.24) is 0 Å². The predicted molar refractivity (Wildman–Crippen MR) is 73.7 cm³/mol. The van der Waals surface area contributed by atoms with Crippen molar-refractivity contribution in [1.29, 1.82) is 0 Å². The van der Waals surface area contributed by atoms with E-state index in [-0.39, 0.29) is 11.5 Å². The van der Waals surface area contributed by atoms with Crippen LogP contribution in [0.15, 0.2) is 5.11 Å². The molecule has 1 heterocycles. The molecule has 5 nitrogen and oxygen atoms in total. The molecule has 0 aromatic rings. The van der Waals surface area contributed by atoms with Gasteiger partial charge in [0, 0.05) is 11.3 Å². The lowest BCUT2D eigenvalue weighted by Crippen LogP contribution is -2.65. The zero-order chi connectivity index (χ0) is 15.4. The van der Waals surface area contributed by atoms with Crippen molar-refractivity contribution in [2.45, 2.75) is 64.1 Å². The molecule has 0 aromatic carbocycles. The molecule has 4 aliphatic rings. The first-order valence-electron chi connectivity index (χ1n) is 7.44. The van der Waals surface area contributed by atoms with E-state index in [0.29, 0.717) is 11.8 Å². The van der Waals surface area contributed by atoms with Gasteiger partial charge in [-0.05, 0) is 42.5 Å². The second-order valence-corrected chi connectivity index (χ2v) is 7.24. The maximum atomic E-state index is 12.6. The molecule has 21 heavy (non-hydrogen) atoms. The van der Waals surface area contributed by atoms with E-state index in [1.165, 1.54) is 0 Å². The fourth-order valence-electron chi connectivity index (χ4n) is 4.52. The molecule has 0 amide bonds. The van der Waals surface area contributed by atoms with Gasteiger partial charge in [0.1, 0.15) is 0 Å². The van der Waals surface area contributed by atoms with Gasteiger partial charge >= 0.3 is 7.12 Å². The van der Waals surface area contributed by atoms with Crippen LogP contribution in [0.3, 0.4) is 0 Å². The van der Waals surface area contributed by atoms with Crippen LogP contribution in [0, 0.1) is 17.3 Å². The Kier molecular flexibility index (Phi) is 3.47. The second kappa shape index (κ2) is 4.83. The van der Waals surface area contributed by atoms with Gasteiger partial charge < -0.3 is 9.31 Å². The summed E-state index contributed by atoms with van der Waals surface area (Å²) in [5.41, 5.74) is 8.31. The third-order valence-electron chi connectivity index (χ3n) is 5.90. The van der Waals surface area contributed by atoms with E-state index in [2.05, 4.69) is 23.9 Å². The zero-order valence-corrected chi connectivity index (χ0v) is 12.5. The van der Waals surface area contributed by atoms with Crippen molar-refractivity contribution in [2.75, 3.05) is 0 Å². The summed E-state index contributed by atoms with van der Waals surface area (Å²) >= 11 is 0. The number of alkyl halides is 2. The average Bonchev–Trinajstić information content (AvgIpc) is 2.74. The van der Waals surface area contributed by atoms with Gasteiger partial charge in [-0.1, -0.05) is 19.0 Å². The summed E-state index contributed by atoms with van der Waals surface area (Å²) in [4.78, 5) is 2.66. The van der Waals surface area contributed by atoms with E-state index >= 15 is 0 Å². The molecular weight excluding hydrogens is 279 g/mol. The monoisotopic (exact) mass is 299 g/mol. The first-order valence-corrected chi connectivity index (χ1v) is 7.44. The Bertz CT molecular complexity index is 486. The van der Waals surface area contributed by atoms with E-state index in [4.69, 9.17) is 14.8 Å². The van der Waals surface area contributed by atoms with Gasteiger partial charge in [-0.2, -0.15) is 0 Å². The molecule has 116 valence electrons. The van der Waals surface area contributed by atoms with Gasteiger partial charge in [0.25, 0.3) is 0 Å².